The molecule has 2 N–H and O–H groups in total. The molecule has 0 unspecified atom stereocenters. The maximum absolute atomic E-state index is 11.1. The number of sulfone groups is 1. The number of hydrogen-bond acceptors (Lipinski definition) is 8. The normalized spacial score (nSPS) is 11.2. The summed E-state index contributed by atoms with van der Waals surface area (Å²) in [6.07, 6.45) is 2.71. The van der Waals surface area contributed by atoms with Gasteiger partial charge in [-0.1, -0.05) is 6.92 Å². The van der Waals surface area contributed by atoms with Crippen molar-refractivity contribution in [1.29, 1.82) is 0 Å². The van der Waals surface area contributed by atoms with Crippen LogP contribution in [0.3, 0.4) is 0 Å². The quantitative estimate of drug-likeness (QED) is 0.639. The van der Waals surface area contributed by atoms with Crippen molar-refractivity contribution in [2.75, 3.05) is 54.7 Å². The van der Waals surface area contributed by atoms with Crippen LogP contribution in [0, 0.1) is 0 Å². The van der Waals surface area contributed by atoms with Crippen LogP contribution in [-0.4, -0.2) is 62.6 Å². The topological polar surface area (TPSA) is 100 Å². The second kappa shape index (κ2) is 7.96. The average Bonchev–Trinajstić information content (AvgIpc) is 2.40. The Labute approximate surface area is 126 Å². The zero-order valence-electron chi connectivity index (χ0n) is 13.0. The summed E-state index contributed by atoms with van der Waals surface area (Å²) in [5, 5.41) is 6.16. The smallest absolute Gasteiger partial charge is 0.231 e. The van der Waals surface area contributed by atoms with Gasteiger partial charge in [0.1, 0.15) is 9.84 Å². The van der Waals surface area contributed by atoms with E-state index in [1.807, 2.05) is 14.1 Å². The lowest BCUT2D eigenvalue weighted by atomic mass is 10.5. The van der Waals surface area contributed by atoms with Crippen LogP contribution in [0.1, 0.15) is 19.8 Å². The minimum atomic E-state index is -2.93. The lowest BCUT2D eigenvalue weighted by molar-refractivity contribution is 0.600. The Hall–Kier alpha value is -1.64. The van der Waals surface area contributed by atoms with Gasteiger partial charge in [0.05, 0.1) is 5.75 Å². The van der Waals surface area contributed by atoms with Gasteiger partial charge in [-0.05, 0) is 12.8 Å². The number of nitrogens with one attached hydrogen (secondary N) is 2. The van der Waals surface area contributed by atoms with Gasteiger partial charge in [-0.3, -0.25) is 0 Å². The first kappa shape index (κ1) is 17.4. The van der Waals surface area contributed by atoms with Crippen LogP contribution in [0.2, 0.25) is 0 Å². The zero-order valence-corrected chi connectivity index (χ0v) is 13.9. The van der Waals surface area contributed by atoms with Crippen molar-refractivity contribution < 1.29 is 8.42 Å². The van der Waals surface area contributed by atoms with Gasteiger partial charge in [-0.2, -0.15) is 15.0 Å². The van der Waals surface area contributed by atoms with Crippen LogP contribution in [0.5, 0.6) is 0 Å². The molecule has 1 heterocycles. The Morgan fingerprint density at radius 3 is 2.10 bits per heavy atom. The Bertz CT molecular complexity index is 547. The summed E-state index contributed by atoms with van der Waals surface area (Å²) in [5.74, 6) is 1.66. The van der Waals surface area contributed by atoms with Crippen LogP contribution in [0.15, 0.2) is 0 Å². The molecule has 0 spiro atoms. The van der Waals surface area contributed by atoms with Gasteiger partial charge in [0.15, 0.2) is 0 Å². The summed E-state index contributed by atoms with van der Waals surface area (Å²) in [6, 6.07) is 0. The molecule has 120 valence electrons. The molecule has 1 aromatic rings. The molecule has 1 rings (SSSR count). The summed E-state index contributed by atoms with van der Waals surface area (Å²) in [6.45, 7) is 3.34. The highest BCUT2D eigenvalue weighted by molar-refractivity contribution is 7.90. The molecular formula is C12H24N6O2S. The fourth-order valence-electron chi connectivity index (χ4n) is 1.49. The predicted molar refractivity (Wildman–Crippen MR) is 85.8 cm³/mol. The van der Waals surface area contributed by atoms with Gasteiger partial charge in [0, 0.05) is 33.4 Å². The van der Waals surface area contributed by atoms with E-state index in [1.165, 1.54) is 6.26 Å². The van der Waals surface area contributed by atoms with Crippen molar-refractivity contribution in [3.05, 3.63) is 0 Å². The molecule has 9 heteroatoms. The van der Waals surface area contributed by atoms with Crippen molar-refractivity contribution in [3.8, 4) is 0 Å². The highest BCUT2D eigenvalue weighted by Crippen LogP contribution is 2.11. The van der Waals surface area contributed by atoms with E-state index in [9.17, 15) is 8.42 Å². The molecule has 0 fully saturated rings. The SMILES string of the molecule is CCCNc1nc(NCCCS(C)(=O)=O)nc(N(C)C)n1. The minimum Gasteiger partial charge on any atom is -0.354 e. The molecule has 0 amide bonds. The maximum Gasteiger partial charge on any atom is 0.231 e. The predicted octanol–water partition coefficient (Wildman–Crippen LogP) is 0.606. The first-order chi connectivity index (χ1) is 9.81. The van der Waals surface area contributed by atoms with Gasteiger partial charge in [-0.15, -0.1) is 0 Å². The summed E-state index contributed by atoms with van der Waals surface area (Å²) in [4.78, 5) is 14.6. The van der Waals surface area contributed by atoms with Crippen molar-refractivity contribution in [1.82, 2.24) is 15.0 Å². The van der Waals surface area contributed by atoms with Crippen LogP contribution >= 0.6 is 0 Å². The van der Waals surface area contributed by atoms with Gasteiger partial charge >= 0.3 is 0 Å². The molecule has 0 radical (unpaired) electrons. The van der Waals surface area contributed by atoms with Crippen molar-refractivity contribution in [2.45, 2.75) is 19.8 Å². The standard InChI is InChI=1S/C12H24N6O2S/c1-5-7-13-10-15-11(17-12(16-10)18(2)3)14-8-6-9-21(4,19)20/h5-9H2,1-4H3,(H2,13,14,15,16,17). The summed E-state index contributed by atoms with van der Waals surface area (Å²) in [7, 11) is 0.773. The largest absolute Gasteiger partial charge is 0.354 e. The number of nitrogens with zero attached hydrogens (tertiary/aromatic N) is 4. The lowest BCUT2D eigenvalue weighted by Gasteiger charge is -2.14. The third kappa shape index (κ3) is 7.07. The molecule has 0 saturated heterocycles. The van der Waals surface area contributed by atoms with E-state index in [4.69, 9.17) is 0 Å². The molecular weight excluding hydrogens is 292 g/mol. The van der Waals surface area contributed by atoms with E-state index in [2.05, 4.69) is 32.5 Å². The maximum atomic E-state index is 11.1. The van der Waals surface area contributed by atoms with Gasteiger partial charge in [-0.25, -0.2) is 8.42 Å². The zero-order chi connectivity index (χ0) is 15.9. The molecule has 21 heavy (non-hydrogen) atoms. The highest BCUT2D eigenvalue weighted by atomic mass is 32.2. The Kier molecular flexibility index (Phi) is 6.60. The molecule has 0 aliphatic rings. The van der Waals surface area contributed by atoms with Crippen molar-refractivity contribution in [3.63, 3.8) is 0 Å². The van der Waals surface area contributed by atoms with E-state index in [1.54, 1.807) is 4.90 Å². The number of hydrogen-bond donors (Lipinski definition) is 2. The number of anilines is 3. The molecule has 0 aromatic carbocycles. The second-order valence-corrected chi connectivity index (χ2v) is 7.27. The molecule has 8 nitrogen and oxygen atoms in total. The minimum absolute atomic E-state index is 0.145. The third-order valence-electron chi connectivity index (χ3n) is 2.53. The van der Waals surface area contributed by atoms with E-state index in [-0.39, 0.29) is 5.75 Å². The summed E-state index contributed by atoms with van der Waals surface area (Å²) >= 11 is 0. The summed E-state index contributed by atoms with van der Waals surface area (Å²) < 4.78 is 22.1. The van der Waals surface area contributed by atoms with E-state index in [0.29, 0.717) is 30.8 Å². The fraction of sp³-hybridized carbons (Fsp3) is 0.750. The molecule has 0 aliphatic carbocycles. The van der Waals surface area contributed by atoms with Crippen LogP contribution in [-0.2, 0) is 9.84 Å². The van der Waals surface area contributed by atoms with Crippen LogP contribution in [0.25, 0.3) is 0 Å². The van der Waals surface area contributed by atoms with Crippen molar-refractivity contribution in [2.24, 2.45) is 0 Å². The molecule has 0 bridgehead atoms. The Morgan fingerprint density at radius 2 is 1.62 bits per heavy atom. The monoisotopic (exact) mass is 316 g/mol. The lowest BCUT2D eigenvalue weighted by Crippen LogP contribution is -2.18. The summed E-state index contributed by atoms with van der Waals surface area (Å²) in [5.41, 5.74) is 0. The van der Waals surface area contributed by atoms with E-state index < -0.39 is 9.84 Å². The van der Waals surface area contributed by atoms with Crippen LogP contribution < -0.4 is 15.5 Å². The molecule has 1 aromatic heterocycles. The third-order valence-corrected chi connectivity index (χ3v) is 3.56. The van der Waals surface area contributed by atoms with Crippen LogP contribution in [0.4, 0.5) is 17.8 Å². The number of rotatable bonds is 9. The first-order valence-corrected chi connectivity index (χ1v) is 8.96. The Morgan fingerprint density at radius 1 is 1.05 bits per heavy atom. The average molecular weight is 316 g/mol. The van der Waals surface area contributed by atoms with Crippen molar-refractivity contribution >= 4 is 27.7 Å². The molecule has 0 aliphatic heterocycles. The molecule has 0 saturated carbocycles. The second-order valence-electron chi connectivity index (χ2n) is 5.01. The van der Waals surface area contributed by atoms with Gasteiger partial charge < -0.3 is 15.5 Å². The Balaban J connectivity index is 2.69. The van der Waals surface area contributed by atoms with Gasteiger partial charge in [0.2, 0.25) is 17.8 Å². The first-order valence-electron chi connectivity index (χ1n) is 6.90. The van der Waals surface area contributed by atoms with Gasteiger partial charge in [0.25, 0.3) is 0 Å². The fourth-order valence-corrected chi connectivity index (χ4v) is 2.16. The number of aromatic nitrogens is 3. The molecule has 0 atom stereocenters. The van der Waals surface area contributed by atoms with E-state index in [0.717, 1.165) is 13.0 Å². The highest BCUT2D eigenvalue weighted by Gasteiger charge is 2.08. The van der Waals surface area contributed by atoms with E-state index >= 15 is 0 Å².